The minimum absolute atomic E-state index is 0.0949. The fourth-order valence-corrected chi connectivity index (χ4v) is 2.47. The van der Waals surface area contributed by atoms with Crippen molar-refractivity contribution >= 4 is 11.8 Å². The Hall–Kier alpha value is -2.15. The predicted molar refractivity (Wildman–Crippen MR) is 109 cm³/mol. The molecular formula is C23H35NO3. The molecule has 0 fully saturated rings. The molecule has 0 N–H and O–H groups in total. The standard InChI is InChI=1S/C20H27NO3.C3H8/c1-5-6-13-24-18(22)12-9-16(14-21)19(23)20(3,4)17-10-7-15(2)8-11-17;1-3-2/h7-8,10-11,16H,5-6,9,12-13H2,1-4H3;3H2,1-2H3. The second kappa shape index (κ2) is 13.1. The Balaban J connectivity index is 0.00000210. The van der Waals surface area contributed by atoms with E-state index in [4.69, 9.17) is 4.74 Å². The smallest absolute Gasteiger partial charge is 0.305 e. The van der Waals surface area contributed by atoms with Crippen LogP contribution >= 0.6 is 0 Å². The summed E-state index contributed by atoms with van der Waals surface area (Å²) in [5.41, 5.74) is 1.23. The van der Waals surface area contributed by atoms with E-state index < -0.39 is 11.3 Å². The van der Waals surface area contributed by atoms with Gasteiger partial charge in [-0.05, 0) is 39.2 Å². The Kier molecular flexibility index (Phi) is 12.0. The Bertz CT molecular complexity index is 612. The first kappa shape index (κ1) is 24.8. The first-order valence-electron chi connectivity index (χ1n) is 9.91. The number of ketones is 1. The number of esters is 1. The fourth-order valence-electron chi connectivity index (χ4n) is 2.47. The Morgan fingerprint density at radius 2 is 1.70 bits per heavy atom. The molecule has 0 saturated heterocycles. The van der Waals surface area contributed by atoms with Gasteiger partial charge in [0.05, 0.1) is 12.7 Å². The van der Waals surface area contributed by atoms with Gasteiger partial charge in [0.1, 0.15) is 5.92 Å². The van der Waals surface area contributed by atoms with Crippen molar-refractivity contribution in [2.75, 3.05) is 6.61 Å². The number of hydrogen-bond donors (Lipinski definition) is 0. The van der Waals surface area contributed by atoms with Gasteiger partial charge < -0.3 is 4.74 Å². The minimum atomic E-state index is -0.806. The van der Waals surface area contributed by atoms with Gasteiger partial charge in [0, 0.05) is 11.8 Å². The summed E-state index contributed by atoms with van der Waals surface area (Å²) in [5.74, 6) is -1.31. The molecule has 1 aromatic rings. The molecule has 0 aliphatic carbocycles. The number of aryl methyl sites for hydroxylation is 1. The van der Waals surface area contributed by atoms with E-state index in [9.17, 15) is 14.9 Å². The second-order valence-corrected chi connectivity index (χ2v) is 7.36. The molecule has 0 aromatic heterocycles. The number of nitrogens with zero attached hydrogens (tertiary/aromatic N) is 1. The van der Waals surface area contributed by atoms with Crippen LogP contribution in [0.25, 0.3) is 0 Å². The summed E-state index contributed by atoms with van der Waals surface area (Å²) in [6.07, 6.45) is 3.33. The monoisotopic (exact) mass is 373 g/mol. The zero-order valence-electron chi connectivity index (χ0n) is 17.8. The molecule has 0 aliphatic heterocycles. The molecule has 0 aliphatic rings. The number of carbonyl (C=O) groups is 2. The summed E-state index contributed by atoms with van der Waals surface area (Å²) in [4.78, 5) is 24.5. The molecule has 0 saturated carbocycles. The lowest BCUT2D eigenvalue weighted by molar-refractivity contribution is -0.144. The summed E-state index contributed by atoms with van der Waals surface area (Å²) in [6, 6.07) is 9.80. The molecule has 4 heteroatoms. The maximum Gasteiger partial charge on any atom is 0.305 e. The average molecular weight is 374 g/mol. The number of carbonyl (C=O) groups excluding carboxylic acids is 2. The van der Waals surface area contributed by atoms with Crippen LogP contribution in [-0.4, -0.2) is 18.4 Å². The highest BCUT2D eigenvalue weighted by molar-refractivity contribution is 5.93. The molecule has 1 atom stereocenters. The molecule has 4 nitrogen and oxygen atoms in total. The predicted octanol–water partition coefficient (Wildman–Crippen LogP) is 5.52. The lowest BCUT2D eigenvalue weighted by Gasteiger charge is -2.26. The van der Waals surface area contributed by atoms with E-state index in [0.717, 1.165) is 24.0 Å². The van der Waals surface area contributed by atoms with Crippen molar-refractivity contribution in [3.63, 3.8) is 0 Å². The number of unbranched alkanes of at least 4 members (excludes halogenated alkanes) is 1. The number of Topliss-reactive ketones (excluding diaryl/α,β-unsaturated/α-hetero) is 1. The van der Waals surface area contributed by atoms with Crippen LogP contribution in [0.2, 0.25) is 0 Å². The first-order valence-corrected chi connectivity index (χ1v) is 9.91. The maximum absolute atomic E-state index is 12.8. The summed E-state index contributed by atoms with van der Waals surface area (Å²) < 4.78 is 5.08. The first-order chi connectivity index (χ1) is 12.7. The van der Waals surface area contributed by atoms with Gasteiger partial charge in [-0.25, -0.2) is 0 Å². The number of ether oxygens (including phenoxy) is 1. The molecule has 0 radical (unpaired) electrons. The number of benzene rings is 1. The maximum atomic E-state index is 12.8. The van der Waals surface area contributed by atoms with E-state index in [1.807, 2.05) is 52.0 Å². The Morgan fingerprint density at radius 3 is 2.19 bits per heavy atom. The van der Waals surface area contributed by atoms with Crippen LogP contribution in [0.15, 0.2) is 24.3 Å². The zero-order valence-corrected chi connectivity index (χ0v) is 17.8. The molecular weight excluding hydrogens is 338 g/mol. The molecule has 0 bridgehead atoms. The van der Waals surface area contributed by atoms with Gasteiger partial charge in [-0.1, -0.05) is 63.4 Å². The SMILES string of the molecule is CCC.CCCCOC(=O)CCC(C#N)C(=O)C(C)(C)c1ccc(C)cc1. The van der Waals surface area contributed by atoms with E-state index in [1.165, 1.54) is 6.42 Å². The zero-order chi connectivity index (χ0) is 20.9. The Labute approximate surface area is 164 Å². The third-order valence-electron chi connectivity index (χ3n) is 4.26. The molecule has 1 aromatic carbocycles. The van der Waals surface area contributed by atoms with Gasteiger partial charge in [0.2, 0.25) is 0 Å². The highest BCUT2D eigenvalue weighted by Crippen LogP contribution is 2.29. The molecule has 1 rings (SSSR count). The van der Waals surface area contributed by atoms with Gasteiger partial charge in [-0.3, -0.25) is 9.59 Å². The summed E-state index contributed by atoms with van der Waals surface area (Å²) in [7, 11) is 0. The third-order valence-corrected chi connectivity index (χ3v) is 4.26. The van der Waals surface area contributed by atoms with Crippen LogP contribution in [0.3, 0.4) is 0 Å². The largest absolute Gasteiger partial charge is 0.466 e. The molecule has 27 heavy (non-hydrogen) atoms. The van der Waals surface area contributed by atoms with Crippen molar-refractivity contribution in [1.82, 2.24) is 0 Å². The fraction of sp³-hybridized carbons (Fsp3) is 0.609. The minimum Gasteiger partial charge on any atom is -0.466 e. The number of nitriles is 1. The highest BCUT2D eigenvalue weighted by atomic mass is 16.5. The van der Waals surface area contributed by atoms with Crippen LogP contribution in [0.4, 0.5) is 0 Å². The highest BCUT2D eigenvalue weighted by Gasteiger charge is 2.35. The second-order valence-electron chi connectivity index (χ2n) is 7.36. The van der Waals surface area contributed by atoms with Crippen molar-refractivity contribution in [1.29, 1.82) is 5.26 Å². The third kappa shape index (κ3) is 8.86. The van der Waals surface area contributed by atoms with E-state index in [-0.39, 0.29) is 24.6 Å². The van der Waals surface area contributed by atoms with Gasteiger partial charge in [0.25, 0.3) is 0 Å². The van der Waals surface area contributed by atoms with Gasteiger partial charge in [-0.15, -0.1) is 0 Å². The van der Waals surface area contributed by atoms with Crippen molar-refractivity contribution in [2.45, 2.75) is 79.1 Å². The molecule has 1 unspecified atom stereocenters. The topological polar surface area (TPSA) is 67.2 Å². The van der Waals surface area contributed by atoms with Crippen LogP contribution in [0, 0.1) is 24.2 Å². The molecule has 0 heterocycles. The average Bonchev–Trinajstić information content (AvgIpc) is 2.63. The van der Waals surface area contributed by atoms with Gasteiger partial charge >= 0.3 is 5.97 Å². The molecule has 150 valence electrons. The van der Waals surface area contributed by atoms with E-state index in [1.54, 1.807) is 0 Å². The lowest BCUT2D eigenvalue weighted by atomic mass is 9.75. The van der Waals surface area contributed by atoms with Crippen LogP contribution in [0.1, 0.15) is 77.8 Å². The van der Waals surface area contributed by atoms with E-state index in [2.05, 4.69) is 19.9 Å². The van der Waals surface area contributed by atoms with Crippen LogP contribution in [0.5, 0.6) is 0 Å². The van der Waals surface area contributed by atoms with Crippen molar-refractivity contribution in [3.05, 3.63) is 35.4 Å². The van der Waals surface area contributed by atoms with Crippen LogP contribution < -0.4 is 0 Å². The molecule has 0 amide bonds. The normalized spacial score (nSPS) is 11.6. The van der Waals surface area contributed by atoms with Crippen LogP contribution in [-0.2, 0) is 19.7 Å². The van der Waals surface area contributed by atoms with Crippen molar-refractivity contribution < 1.29 is 14.3 Å². The van der Waals surface area contributed by atoms with Crippen molar-refractivity contribution in [2.24, 2.45) is 5.92 Å². The molecule has 0 spiro atoms. The van der Waals surface area contributed by atoms with Gasteiger partial charge in [0.15, 0.2) is 5.78 Å². The lowest BCUT2D eigenvalue weighted by Crippen LogP contribution is -2.34. The quantitative estimate of drug-likeness (QED) is 0.422. The summed E-state index contributed by atoms with van der Waals surface area (Å²) >= 11 is 0. The van der Waals surface area contributed by atoms with E-state index >= 15 is 0 Å². The Morgan fingerprint density at radius 1 is 1.15 bits per heavy atom. The van der Waals surface area contributed by atoms with E-state index in [0.29, 0.717) is 6.61 Å². The number of rotatable bonds is 9. The summed E-state index contributed by atoms with van der Waals surface area (Å²) in [6.45, 7) is 12.3. The van der Waals surface area contributed by atoms with Gasteiger partial charge in [-0.2, -0.15) is 5.26 Å². The van der Waals surface area contributed by atoms with Crippen molar-refractivity contribution in [3.8, 4) is 6.07 Å². The summed E-state index contributed by atoms with van der Waals surface area (Å²) in [5, 5.41) is 9.35. The number of hydrogen-bond acceptors (Lipinski definition) is 4.